The molecule has 330 valence electrons. The predicted molar refractivity (Wildman–Crippen MR) is 236 cm³/mol. The minimum atomic E-state index is -0.359. The predicted octanol–water partition coefficient (Wildman–Crippen LogP) is 14.5. The number of methoxy groups -OCH3 is 1. The van der Waals surface area contributed by atoms with E-state index in [-0.39, 0.29) is 12.2 Å². The number of rotatable bonds is 48. The molecule has 0 heterocycles. The van der Waals surface area contributed by atoms with Crippen LogP contribution < -0.4 is 5.32 Å². The minimum absolute atomic E-state index is 0.0632. The van der Waals surface area contributed by atoms with Gasteiger partial charge in [-0.3, -0.25) is 0 Å². The standard InChI is InChI=1S/C48H97NO6/c1-4-6-8-10-12-14-16-18-20-22-24-26-28-30-32-34-40-53-46-47(38-36-43-55-48(50)49-39-37-41-52-45-44-51-3)54-42-35-33-31-29-27-25-23-21-19-17-15-13-11-9-7-5-2/h47H,4-46H2,1-3H3,(H,49,50). The number of amides is 1. The number of nitrogens with one attached hydrogen (secondary N) is 1. The van der Waals surface area contributed by atoms with Gasteiger partial charge in [0.15, 0.2) is 0 Å². The van der Waals surface area contributed by atoms with Crippen LogP contribution in [0.5, 0.6) is 0 Å². The monoisotopic (exact) mass is 784 g/mol. The van der Waals surface area contributed by atoms with Crippen LogP contribution in [-0.2, 0) is 23.7 Å². The molecule has 0 radical (unpaired) electrons. The van der Waals surface area contributed by atoms with Gasteiger partial charge in [-0.05, 0) is 32.1 Å². The first-order chi connectivity index (χ1) is 27.2. The number of unbranched alkanes of at least 4 members (excludes halogenated alkanes) is 30. The van der Waals surface area contributed by atoms with Gasteiger partial charge in [-0.15, -0.1) is 0 Å². The zero-order chi connectivity index (χ0) is 39.8. The average molecular weight is 784 g/mol. The van der Waals surface area contributed by atoms with Crippen LogP contribution in [0.4, 0.5) is 4.79 Å². The molecule has 55 heavy (non-hydrogen) atoms. The van der Waals surface area contributed by atoms with Gasteiger partial charge in [0.25, 0.3) is 0 Å². The second-order valence-electron chi connectivity index (χ2n) is 16.3. The van der Waals surface area contributed by atoms with Crippen molar-refractivity contribution in [3.05, 3.63) is 0 Å². The van der Waals surface area contributed by atoms with E-state index in [2.05, 4.69) is 19.2 Å². The van der Waals surface area contributed by atoms with E-state index in [1.165, 1.54) is 193 Å². The molecule has 0 bridgehead atoms. The van der Waals surface area contributed by atoms with Crippen LogP contribution in [0.15, 0.2) is 0 Å². The molecule has 0 aromatic heterocycles. The average Bonchev–Trinajstić information content (AvgIpc) is 3.19. The summed E-state index contributed by atoms with van der Waals surface area (Å²) < 4.78 is 28.2. The molecule has 0 fully saturated rings. The third-order valence-electron chi connectivity index (χ3n) is 10.9. The van der Waals surface area contributed by atoms with E-state index < -0.39 is 0 Å². The number of carbonyl (C=O) groups is 1. The van der Waals surface area contributed by atoms with Gasteiger partial charge in [-0.1, -0.05) is 206 Å². The summed E-state index contributed by atoms with van der Waals surface area (Å²) in [5.41, 5.74) is 0. The fourth-order valence-corrected chi connectivity index (χ4v) is 7.22. The van der Waals surface area contributed by atoms with Crippen LogP contribution in [-0.4, -0.2) is 72.1 Å². The Kier molecular flexibility index (Phi) is 48.5. The molecule has 0 rings (SSSR count). The highest BCUT2D eigenvalue weighted by atomic mass is 16.6. The van der Waals surface area contributed by atoms with Gasteiger partial charge >= 0.3 is 6.09 Å². The van der Waals surface area contributed by atoms with E-state index in [9.17, 15) is 4.79 Å². The highest BCUT2D eigenvalue weighted by Crippen LogP contribution is 2.16. The molecule has 0 spiro atoms. The van der Waals surface area contributed by atoms with Gasteiger partial charge in [0.2, 0.25) is 0 Å². The Morgan fingerprint density at radius 3 is 1.25 bits per heavy atom. The van der Waals surface area contributed by atoms with Crippen molar-refractivity contribution in [1.29, 1.82) is 0 Å². The Labute approximate surface area is 343 Å². The molecule has 0 aliphatic carbocycles. The summed E-state index contributed by atoms with van der Waals surface area (Å²) in [5, 5.41) is 2.81. The van der Waals surface area contributed by atoms with Crippen molar-refractivity contribution in [1.82, 2.24) is 5.32 Å². The zero-order valence-corrected chi connectivity index (χ0v) is 37.4. The Balaban J connectivity index is 4.00. The fourth-order valence-electron chi connectivity index (χ4n) is 7.22. The lowest BCUT2D eigenvalue weighted by atomic mass is 10.0. The first-order valence-electron chi connectivity index (χ1n) is 24.4. The van der Waals surface area contributed by atoms with Crippen LogP contribution in [0.3, 0.4) is 0 Å². The maximum absolute atomic E-state index is 12.1. The van der Waals surface area contributed by atoms with Crippen LogP contribution in [0.25, 0.3) is 0 Å². The highest BCUT2D eigenvalue weighted by molar-refractivity contribution is 5.66. The molecule has 1 unspecified atom stereocenters. The molecule has 0 saturated carbocycles. The number of alkyl carbamates (subject to hydrolysis) is 1. The Morgan fingerprint density at radius 2 is 0.818 bits per heavy atom. The molecule has 0 aliphatic rings. The smallest absolute Gasteiger partial charge is 0.407 e. The number of carbonyl (C=O) groups excluding carboxylic acids is 1. The van der Waals surface area contributed by atoms with Crippen molar-refractivity contribution in [2.75, 3.05) is 59.9 Å². The topological polar surface area (TPSA) is 75.3 Å². The summed E-state index contributed by atoms with van der Waals surface area (Å²) in [6, 6.07) is 0. The number of hydrogen-bond donors (Lipinski definition) is 1. The van der Waals surface area contributed by atoms with Gasteiger partial charge in [0.05, 0.1) is 32.5 Å². The highest BCUT2D eigenvalue weighted by Gasteiger charge is 2.11. The van der Waals surface area contributed by atoms with E-state index in [0.717, 1.165) is 45.3 Å². The van der Waals surface area contributed by atoms with Crippen molar-refractivity contribution >= 4 is 6.09 Å². The zero-order valence-electron chi connectivity index (χ0n) is 37.4. The van der Waals surface area contributed by atoms with E-state index in [1.54, 1.807) is 7.11 Å². The maximum Gasteiger partial charge on any atom is 0.407 e. The Hall–Kier alpha value is -0.890. The molecule has 0 aromatic rings. The van der Waals surface area contributed by atoms with Crippen LogP contribution >= 0.6 is 0 Å². The van der Waals surface area contributed by atoms with E-state index in [1.807, 2.05) is 0 Å². The molecular weight excluding hydrogens is 687 g/mol. The second kappa shape index (κ2) is 49.3. The summed E-state index contributed by atoms with van der Waals surface area (Å²) in [6.45, 7) is 9.53. The lowest BCUT2D eigenvalue weighted by Crippen LogP contribution is -2.27. The summed E-state index contributed by atoms with van der Waals surface area (Å²) >= 11 is 0. The second-order valence-corrected chi connectivity index (χ2v) is 16.3. The van der Waals surface area contributed by atoms with E-state index in [4.69, 9.17) is 23.7 Å². The molecule has 1 amide bonds. The van der Waals surface area contributed by atoms with Gasteiger partial charge in [-0.2, -0.15) is 0 Å². The molecule has 0 aliphatic heterocycles. The fraction of sp³-hybridized carbons (Fsp3) is 0.979. The molecule has 1 atom stereocenters. The lowest BCUT2D eigenvalue weighted by Gasteiger charge is -2.18. The lowest BCUT2D eigenvalue weighted by molar-refractivity contribution is -0.0251. The summed E-state index contributed by atoms with van der Waals surface area (Å²) in [5.74, 6) is 0. The first-order valence-corrected chi connectivity index (χ1v) is 24.4. The van der Waals surface area contributed by atoms with E-state index >= 15 is 0 Å². The van der Waals surface area contributed by atoms with Crippen molar-refractivity contribution < 1.29 is 28.5 Å². The van der Waals surface area contributed by atoms with Crippen molar-refractivity contribution in [3.8, 4) is 0 Å². The van der Waals surface area contributed by atoms with Crippen molar-refractivity contribution in [3.63, 3.8) is 0 Å². The third-order valence-corrected chi connectivity index (χ3v) is 10.9. The van der Waals surface area contributed by atoms with Gasteiger partial charge in [-0.25, -0.2) is 4.79 Å². The first kappa shape index (κ1) is 54.1. The summed E-state index contributed by atoms with van der Waals surface area (Å²) in [6.07, 6.45) is 46.2. The summed E-state index contributed by atoms with van der Waals surface area (Å²) in [4.78, 5) is 12.1. The molecule has 0 aromatic carbocycles. The number of hydrogen-bond acceptors (Lipinski definition) is 6. The number of ether oxygens (including phenoxy) is 5. The normalized spacial score (nSPS) is 12.1. The minimum Gasteiger partial charge on any atom is -0.450 e. The molecule has 0 saturated heterocycles. The van der Waals surface area contributed by atoms with Crippen molar-refractivity contribution in [2.45, 2.75) is 245 Å². The Morgan fingerprint density at radius 1 is 0.418 bits per heavy atom. The largest absolute Gasteiger partial charge is 0.450 e. The van der Waals surface area contributed by atoms with E-state index in [0.29, 0.717) is 39.6 Å². The third kappa shape index (κ3) is 47.4. The maximum atomic E-state index is 12.1. The molecule has 1 N–H and O–H groups in total. The van der Waals surface area contributed by atoms with Crippen molar-refractivity contribution in [2.24, 2.45) is 0 Å². The van der Waals surface area contributed by atoms with Gasteiger partial charge < -0.3 is 29.0 Å². The van der Waals surface area contributed by atoms with Gasteiger partial charge in [0, 0.05) is 33.5 Å². The Bertz CT molecular complexity index is 710. The molecular formula is C48H97NO6. The van der Waals surface area contributed by atoms with Crippen LogP contribution in [0.1, 0.15) is 239 Å². The van der Waals surface area contributed by atoms with Crippen LogP contribution in [0.2, 0.25) is 0 Å². The quantitative estimate of drug-likeness (QED) is 0.0620. The summed E-state index contributed by atoms with van der Waals surface area (Å²) in [7, 11) is 1.66. The van der Waals surface area contributed by atoms with Crippen LogP contribution in [0, 0.1) is 0 Å². The van der Waals surface area contributed by atoms with Gasteiger partial charge in [0.1, 0.15) is 0 Å². The SMILES string of the molecule is CCCCCCCCCCCCCCCCCCOCC(CCCOC(=O)NCCCOCCOC)OCCCCCCCCCCCCCCCCCC. The molecule has 7 heteroatoms. The molecule has 7 nitrogen and oxygen atoms in total.